The van der Waals surface area contributed by atoms with Gasteiger partial charge in [-0.1, -0.05) is 0 Å². The first-order chi connectivity index (χ1) is 5.81. The highest BCUT2D eigenvalue weighted by Gasteiger charge is 2.23. The summed E-state index contributed by atoms with van der Waals surface area (Å²) >= 11 is 0. The number of rotatable bonds is 3. The van der Waals surface area contributed by atoms with Gasteiger partial charge in [-0.25, -0.2) is 4.98 Å². The lowest BCUT2D eigenvalue weighted by molar-refractivity contribution is 0.629. The second kappa shape index (κ2) is 2.69. The van der Waals surface area contributed by atoms with E-state index in [2.05, 4.69) is 10.2 Å². The van der Waals surface area contributed by atoms with Crippen LogP contribution in [0.15, 0.2) is 11.5 Å². The van der Waals surface area contributed by atoms with Crippen molar-refractivity contribution < 1.29 is 0 Å². The Morgan fingerprint density at radius 1 is 1.75 bits per heavy atom. The van der Waals surface area contributed by atoms with E-state index in [1.165, 1.54) is 12.8 Å². The van der Waals surface area contributed by atoms with Crippen LogP contribution in [0.1, 0.15) is 18.5 Å². The summed E-state index contributed by atoms with van der Waals surface area (Å²) in [6.07, 6.45) is 4.25. The summed E-state index contributed by atoms with van der Waals surface area (Å²) in [4.78, 5) is 14.4. The van der Waals surface area contributed by atoms with Crippen LogP contribution in [0, 0.1) is 17.7 Å². The van der Waals surface area contributed by atoms with Crippen LogP contribution in [0.5, 0.6) is 0 Å². The van der Waals surface area contributed by atoms with Crippen LogP contribution in [0.2, 0.25) is 0 Å². The van der Waals surface area contributed by atoms with Gasteiger partial charge in [-0.3, -0.25) is 0 Å². The largest absolute Gasteiger partial charge is 0.312 e. The zero-order valence-electron chi connectivity index (χ0n) is 7.03. The molecule has 0 aliphatic heterocycles. The van der Waals surface area contributed by atoms with Crippen molar-refractivity contribution in [2.45, 2.75) is 26.3 Å². The van der Waals surface area contributed by atoms with E-state index in [0.717, 1.165) is 18.2 Å². The van der Waals surface area contributed by atoms with E-state index >= 15 is 0 Å². The fraction of sp³-hybridized carbons (Fsp3) is 0.625. The molecule has 0 bridgehead atoms. The zero-order valence-corrected chi connectivity index (χ0v) is 7.03. The number of hydrogen-bond donors (Lipinski definition) is 0. The van der Waals surface area contributed by atoms with Gasteiger partial charge in [0.2, 0.25) is 0 Å². The number of imidazole rings is 1. The molecule has 0 aromatic carbocycles. The average molecular weight is 165 g/mol. The smallest absolute Gasteiger partial charge is 0.199 e. The second-order valence-corrected chi connectivity index (χ2v) is 3.34. The lowest BCUT2D eigenvalue weighted by Crippen LogP contribution is -1.96. The first-order valence-corrected chi connectivity index (χ1v) is 4.16. The Morgan fingerprint density at radius 2 is 2.50 bits per heavy atom. The molecule has 4 nitrogen and oxygen atoms in total. The van der Waals surface area contributed by atoms with E-state index in [1.807, 2.05) is 4.57 Å². The maximum absolute atomic E-state index is 10.4. The highest BCUT2D eigenvalue weighted by Crippen LogP contribution is 2.32. The second-order valence-electron chi connectivity index (χ2n) is 3.34. The minimum Gasteiger partial charge on any atom is -0.312 e. The van der Waals surface area contributed by atoms with Crippen LogP contribution in [-0.4, -0.2) is 9.55 Å². The van der Waals surface area contributed by atoms with Crippen molar-refractivity contribution in [1.82, 2.24) is 9.55 Å². The Bertz CT molecular complexity index is 301. The van der Waals surface area contributed by atoms with E-state index in [9.17, 15) is 4.91 Å². The van der Waals surface area contributed by atoms with Crippen molar-refractivity contribution in [3.63, 3.8) is 0 Å². The summed E-state index contributed by atoms with van der Waals surface area (Å²) in [5, 5.41) is 2.96. The molecule has 0 saturated heterocycles. The van der Waals surface area contributed by atoms with Gasteiger partial charge in [0.15, 0.2) is 5.82 Å². The Balaban J connectivity index is 2.22. The van der Waals surface area contributed by atoms with Gasteiger partial charge in [-0.05, 0) is 30.9 Å². The van der Waals surface area contributed by atoms with Crippen molar-refractivity contribution in [3.8, 4) is 0 Å². The molecule has 0 spiro atoms. The quantitative estimate of drug-likeness (QED) is 0.643. The maximum atomic E-state index is 10.4. The molecule has 1 aromatic heterocycles. The lowest BCUT2D eigenvalue weighted by atomic mass is 10.4. The summed E-state index contributed by atoms with van der Waals surface area (Å²) in [7, 11) is 0. The van der Waals surface area contributed by atoms with Gasteiger partial charge in [-0.15, -0.1) is 4.91 Å². The molecule has 2 rings (SSSR count). The van der Waals surface area contributed by atoms with E-state index in [4.69, 9.17) is 0 Å². The predicted molar refractivity (Wildman–Crippen MR) is 45.1 cm³/mol. The highest BCUT2D eigenvalue weighted by atomic mass is 16.3. The summed E-state index contributed by atoms with van der Waals surface area (Å²) < 4.78 is 1.85. The van der Waals surface area contributed by atoms with Gasteiger partial charge in [0, 0.05) is 6.54 Å². The molecule has 1 heterocycles. The minimum atomic E-state index is 0.488. The van der Waals surface area contributed by atoms with Crippen molar-refractivity contribution in [2.75, 3.05) is 0 Å². The number of aromatic nitrogens is 2. The van der Waals surface area contributed by atoms with Gasteiger partial charge in [0.05, 0.1) is 12.0 Å². The molecule has 1 aromatic rings. The average Bonchev–Trinajstić information content (AvgIpc) is 2.78. The Hall–Kier alpha value is -1.19. The number of nitrogens with zero attached hydrogens (tertiary/aromatic N) is 3. The molecule has 12 heavy (non-hydrogen) atoms. The van der Waals surface area contributed by atoms with Crippen molar-refractivity contribution in [1.29, 1.82) is 0 Å². The molecule has 1 saturated carbocycles. The van der Waals surface area contributed by atoms with E-state index in [1.54, 1.807) is 13.3 Å². The van der Waals surface area contributed by atoms with E-state index < -0.39 is 0 Å². The summed E-state index contributed by atoms with van der Waals surface area (Å²) in [6, 6.07) is 0. The first-order valence-electron chi connectivity index (χ1n) is 4.16. The molecule has 1 fully saturated rings. The Morgan fingerprint density at radius 3 is 3.08 bits per heavy atom. The van der Waals surface area contributed by atoms with E-state index in [-0.39, 0.29) is 0 Å². The molecule has 1 aliphatic carbocycles. The monoisotopic (exact) mass is 165 g/mol. The zero-order chi connectivity index (χ0) is 8.55. The van der Waals surface area contributed by atoms with Crippen LogP contribution >= 0.6 is 0 Å². The van der Waals surface area contributed by atoms with Gasteiger partial charge in [0.1, 0.15) is 0 Å². The molecule has 0 unspecified atom stereocenters. The normalized spacial score (nSPS) is 16.4. The van der Waals surface area contributed by atoms with Crippen molar-refractivity contribution in [2.24, 2.45) is 11.1 Å². The van der Waals surface area contributed by atoms with Crippen LogP contribution in [0.3, 0.4) is 0 Å². The molecule has 0 N–H and O–H groups in total. The topological polar surface area (TPSA) is 47.2 Å². The third kappa shape index (κ3) is 1.24. The van der Waals surface area contributed by atoms with Crippen molar-refractivity contribution >= 4 is 5.82 Å². The third-order valence-corrected chi connectivity index (χ3v) is 2.22. The SMILES string of the molecule is Cc1ncn(CC2CC2)c1N=O. The highest BCUT2D eigenvalue weighted by molar-refractivity contribution is 5.33. The number of nitroso groups, excluding NO2 is 1. The van der Waals surface area contributed by atoms with Crippen LogP contribution in [-0.2, 0) is 6.54 Å². The molecule has 1 aliphatic rings. The fourth-order valence-corrected chi connectivity index (χ4v) is 1.31. The fourth-order valence-electron chi connectivity index (χ4n) is 1.31. The molecule has 0 amide bonds. The lowest BCUT2D eigenvalue weighted by Gasteiger charge is -1.99. The van der Waals surface area contributed by atoms with Crippen LogP contribution in [0.25, 0.3) is 0 Å². The van der Waals surface area contributed by atoms with Crippen molar-refractivity contribution in [3.05, 3.63) is 16.9 Å². The predicted octanol–water partition coefficient (Wildman–Crippen LogP) is 2.00. The van der Waals surface area contributed by atoms with Crippen LogP contribution < -0.4 is 0 Å². The standard InChI is InChI=1S/C8H11N3O/c1-6-8(10-12)11(5-9-6)4-7-2-3-7/h5,7H,2-4H2,1H3. The Labute approximate surface area is 70.6 Å². The number of aryl methyl sites for hydroxylation is 1. The molecule has 0 atom stereocenters. The summed E-state index contributed by atoms with van der Waals surface area (Å²) in [6.45, 7) is 2.71. The Kier molecular flexibility index (Phi) is 1.67. The maximum Gasteiger partial charge on any atom is 0.199 e. The number of hydrogen-bond acceptors (Lipinski definition) is 3. The third-order valence-electron chi connectivity index (χ3n) is 2.22. The molecular weight excluding hydrogens is 154 g/mol. The van der Waals surface area contributed by atoms with Crippen LogP contribution in [0.4, 0.5) is 5.82 Å². The molecule has 0 radical (unpaired) electrons. The van der Waals surface area contributed by atoms with Gasteiger partial charge in [0.25, 0.3) is 0 Å². The van der Waals surface area contributed by atoms with Gasteiger partial charge >= 0.3 is 0 Å². The summed E-state index contributed by atoms with van der Waals surface area (Å²) in [5.74, 6) is 1.24. The first kappa shape index (κ1) is 7.46. The summed E-state index contributed by atoms with van der Waals surface area (Å²) in [5.41, 5.74) is 0.727. The van der Waals surface area contributed by atoms with E-state index in [0.29, 0.717) is 5.82 Å². The van der Waals surface area contributed by atoms with Gasteiger partial charge < -0.3 is 4.57 Å². The molecule has 4 heteroatoms. The van der Waals surface area contributed by atoms with Gasteiger partial charge in [-0.2, -0.15) is 0 Å². The molecular formula is C8H11N3O. The minimum absolute atomic E-state index is 0.488. The molecule has 64 valence electrons.